The zero-order valence-electron chi connectivity index (χ0n) is 18.2. The van der Waals surface area contributed by atoms with Crippen LogP contribution in [0, 0.1) is 6.92 Å². The molecule has 1 atom stereocenters. The first-order valence-corrected chi connectivity index (χ1v) is 9.96. The number of methoxy groups -OCH3 is 1. The van der Waals surface area contributed by atoms with E-state index in [9.17, 15) is 18.3 Å². The average molecular weight is 438 g/mol. The number of rotatable bonds is 10. The van der Waals surface area contributed by atoms with Gasteiger partial charge in [0.05, 0.1) is 32.3 Å². The molecule has 0 spiro atoms. The minimum absolute atomic E-state index is 0.0371. The van der Waals surface area contributed by atoms with Gasteiger partial charge in [-0.3, -0.25) is 0 Å². The van der Waals surface area contributed by atoms with Crippen LogP contribution in [0.15, 0.2) is 47.5 Å². The minimum Gasteiger partial charge on any atom is -0.496 e. The number of alkyl halides is 3. The fraction of sp³-hybridized carbons (Fsp3) is 0.435. The maximum Gasteiger partial charge on any atom is 0.423 e. The first-order chi connectivity index (χ1) is 14.6. The van der Waals surface area contributed by atoms with Crippen LogP contribution in [0.2, 0.25) is 0 Å². The van der Waals surface area contributed by atoms with Gasteiger partial charge in [-0.25, -0.2) is 4.99 Å². The van der Waals surface area contributed by atoms with Gasteiger partial charge < -0.3 is 19.5 Å². The summed E-state index contributed by atoms with van der Waals surface area (Å²) in [6.45, 7) is 3.40. The Morgan fingerprint density at radius 1 is 1.16 bits per heavy atom. The molecule has 0 aliphatic rings. The van der Waals surface area contributed by atoms with Crippen LogP contribution in [0.25, 0.3) is 0 Å². The first kappa shape index (κ1) is 24.7. The highest BCUT2D eigenvalue weighted by Gasteiger charge is 2.56. The number of hydrogen-bond donors (Lipinski definition) is 1. The van der Waals surface area contributed by atoms with Gasteiger partial charge in [-0.2, -0.15) is 13.2 Å². The number of aryl methyl sites for hydroxylation is 1. The molecule has 0 aliphatic heterocycles. The van der Waals surface area contributed by atoms with E-state index >= 15 is 0 Å². The summed E-state index contributed by atoms with van der Waals surface area (Å²) in [5.41, 5.74) is -1.76. The molecule has 0 radical (unpaired) electrons. The van der Waals surface area contributed by atoms with E-state index in [1.165, 1.54) is 19.2 Å². The third kappa shape index (κ3) is 6.21. The third-order valence-electron chi connectivity index (χ3n) is 5.01. The lowest BCUT2D eigenvalue weighted by Gasteiger charge is -2.32. The van der Waals surface area contributed by atoms with Crippen molar-refractivity contribution >= 4 is 12.0 Å². The molecule has 170 valence electrons. The van der Waals surface area contributed by atoms with Crippen molar-refractivity contribution in [3.8, 4) is 5.75 Å². The highest BCUT2D eigenvalue weighted by Crippen LogP contribution is 2.45. The molecule has 5 nitrogen and oxygen atoms in total. The summed E-state index contributed by atoms with van der Waals surface area (Å²) in [6.07, 6.45) is -2.94. The van der Waals surface area contributed by atoms with Gasteiger partial charge in [-0.15, -0.1) is 0 Å². The Kier molecular flexibility index (Phi) is 8.47. The predicted molar refractivity (Wildman–Crippen MR) is 115 cm³/mol. The summed E-state index contributed by atoms with van der Waals surface area (Å²) in [4.78, 5) is 6.13. The molecule has 8 heteroatoms. The van der Waals surface area contributed by atoms with Crippen LogP contribution in [0.4, 0.5) is 18.9 Å². The SMILES string of the molecule is CCN(C)/C=N/c1cc(OC)c(C(O)(COCCc2ccccc2)C(F)(F)F)cc1C. The Morgan fingerprint density at radius 3 is 2.42 bits per heavy atom. The first-order valence-electron chi connectivity index (χ1n) is 9.96. The Bertz CT molecular complexity index is 872. The van der Waals surface area contributed by atoms with E-state index in [1.54, 1.807) is 13.3 Å². The number of aliphatic imine (C=N–C) groups is 1. The zero-order chi connectivity index (χ0) is 23.1. The molecule has 0 bridgehead atoms. The minimum atomic E-state index is -4.97. The summed E-state index contributed by atoms with van der Waals surface area (Å²) >= 11 is 0. The van der Waals surface area contributed by atoms with E-state index in [2.05, 4.69) is 4.99 Å². The quantitative estimate of drug-likeness (QED) is 0.334. The molecule has 0 amide bonds. The summed E-state index contributed by atoms with van der Waals surface area (Å²) in [5.74, 6) is -0.108. The van der Waals surface area contributed by atoms with Crippen molar-refractivity contribution < 1.29 is 27.8 Å². The van der Waals surface area contributed by atoms with Crippen LogP contribution in [0.3, 0.4) is 0 Å². The Morgan fingerprint density at radius 2 is 1.84 bits per heavy atom. The molecule has 2 aromatic carbocycles. The van der Waals surface area contributed by atoms with E-state index in [0.29, 0.717) is 17.7 Å². The molecule has 2 rings (SSSR count). The summed E-state index contributed by atoms with van der Waals surface area (Å²) in [6, 6.07) is 11.9. The molecule has 0 saturated carbocycles. The van der Waals surface area contributed by atoms with Crippen molar-refractivity contribution in [3.05, 3.63) is 59.2 Å². The standard InChI is InChI=1S/C23H29F3N2O3/c1-5-28(3)16-27-20-14-21(30-4)19(13-17(20)2)22(29,23(24,25)26)15-31-12-11-18-9-7-6-8-10-18/h6-10,13-14,16,29H,5,11-12,15H2,1-4H3/b27-16+. The van der Waals surface area contributed by atoms with Crippen LogP contribution >= 0.6 is 0 Å². The number of halogens is 3. The predicted octanol–water partition coefficient (Wildman–Crippen LogP) is 4.62. The number of aliphatic hydroxyl groups is 1. The van der Waals surface area contributed by atoms with Crippen LogP contribution in [-0.2, 0) is 16.8 Å². The van der Waals surface area contributed by atoms with Crippen molar-refractivity contribution in [2.45, 2.75) is 32.0 Å². The van der Waals surface area contributed by atoms with Crippen LogP contribution in [0.1, 0.15) is 23.6 Å². The van der Waals surface area contributed by atoms with Crippen molar-refractivity contribution in [1.82, 2.24) is 4.90 Å². The third-order valence-corrected chi connectivity index (χ3v) is 5.01. The molecule has 0 aromatic heterocycles. The highest BCUT2D eigenvalue weighted by atomic mass is 19.4. The lowest BCUT2D eigenvalue weighted by Crippen LogP contribution is -2.46. The van der Waals surface area contributed by atoms with Crippen molar-refractivity contribution in [3.63, 3.8) is 0 Å². The van der Waals surface area contributed by atoms with Gasteiger partial charge in [0.1, 0.15) is 5.75 Å². The second kappa shape index (κ2) is 10.6. The van der Waals surface area contributed by atoms with E-state index in [0.717, 1.165) is 12.1 Å². The monoisotopic (exact) mass is 438 g/mol. The van der Waals surface area contributed by atoms with Crippen LogP contribution in [0.5, 0.6) is 5.75 Å². The van der Waals surface area contributed by atoms with Crippen LogP contribution in [-0.4, -0.2) is 56.4 Å². The molecule has 0 saturated heterocycles. The number of ether oxygens (including phenoxy) is 2. The number of benzene rings is 2. The van der Waals surface area contributed by atoms with Crippen LogP contribution < -0.4 is 4.74 Å². The summed E-state index contributed by atoms with van der Waals surface area (Å²) in [7, 11) is 3.09. The van der Waals surface area contributed by atoms with Gasteiger partial charge in [-0.05, 0) is 37.5 Å². The Hall–Kier alpha value is -2.58. The molecule has 0 heterocycles. The molecular formula is C23H29F3N2O3. The second-order valence-electron chi connectivity index (χ2n) is 7.30. The topological polar surface area (TPSA) is 54.3 Å². The molecule has 0 aliphatic carbocycles. The fourth-order valence-electron chi connectivity index (χ4n) is 2.92. The molecule has 0 fully saturated rings. The van der Waals surface area contributed by atoms with E-state index < -0.39 is 23.9 Å². The smallest absolute Gasteiger partial charge is 0.423 e. The largest absolute Gasteiger partial charge is 0.496 e. The fourth-order valence-corrected chi connectivity index (χ4v) is 2.92. The van der Waals surface area contributed by atoms with Crippen molar-refractivity contribution in [2.75, 3.05) is 33.9 Å². The molecular weight excluding hydrogens is 409 g/mol. The van der Waals surface area contributed by atoms with Gasteiger partial charge in [0, 0.05) is 25.2 Å². The molecule has 31 heavy (non-hydrogen) atoms. The van der Waals surface area contributed by atoms with E-state index in [4.69, 9.17) is 9.47 Å². The summed E-state index contributed by atoms with van der Waals surface area (Å²) < 4.78 is 52.4. The lowest BCUT2D eigenvalue weighted by molar-refractivity contribution is -0.282. The number of hydrogen-bond acceptors (Lipinski definition) is 4. The summed E-state index contributed by atoms with van der Waals surface area (Å²) in [5, 5.41) is 10.7. The lowest BCUT2D eigenvalue weighted by atomic mass is 9.91. The molecule has 2 aromatic rings. The van der Waals surface area contributed by atoms with Gasteiger partial charge in [0.25, 0.3) is 0 Å². The molecule has 1 N–H and O–H groups in total. The average Bonchev–Trinajstić information content (AvgIpc) is 2.75. The maximum absolute atomic E-state index is 14.0. The van der Waals surface area contributed by atoms with Gasteiger partial charge in [-0.1, -0.05) is 30.3 Å². The van der Waals surface area contributed by atoms with E-state index in [1.807, 2.05) is 49.2 Å². The second-order valence-corrected chi connectivity index (χ2v) is 7.30. The number of nitrogens with zero attached hydrogens (tertiary/aromatic N) is 2. The normalized spacial score (nSPS) is 13.9. The van der Waals surface area contributed by atoms with Crippen molar-refractivity contribution in [2.24, 2.45) is 4.99 Å². The van der Waals surface area contributed by atoms with Gasteiger partial charge in [0.2, 0.25) is 5.60 Å². The highest BCUT2D eigenvalue weighted by molar-refractivity contribution is 5.65. The Balaban J connectivity index is 2.29. The maximum atomic E-state index is 14.0. The van der Waals surface area contributed by atoms with Gasteiger partial charge >= 0.3 is 6.18 Å². The molecule has 1 unspecified atom stereocenters. The Labute approximate surface area is 181 Å². The van der Waals surface area contributed by atoms with Gasteiger partial charge in [0.15, 0.2) is 0 Å². The van der Waals surface area contributed by atoms with E-state index in [-0.39, 0.29) is 12.4 Å². The van der Waals surface area contributed by atoms with Crippen molar-refractivity contribution in [1.29, 1.82) is 0 Å². The zero-order valence-corrected chi connectivity index (χ0v) is 18.2.